The summed E-state index contributed by atoms with van der Waals surface area (Å²) in [4.78, 5) is 0. The molecule has 164 valence electrons. The third kappa shape index (κ3) is 5.28. The van der Waals surface area contributed by atoms with Crippen LogP contribution in [0.3, 0.4) is 0 Å². The van der Waals surface area contributed by atoms with Crippen LogP contribution in [0, 0.1) is 23.2 Å². The highest BCUT2D eigenvalue weighted by molar-refractivity contribution is 5.88. The van der Waals surface area contributed by atoms with Gasteiger partial charge in [0.05, 0.1) is 18.7 Å². The van der Waals surface area contributed by atoms with Gasteiger partial charge < -0.3 is 9.30 Å². The summed E-state index contributed by atoms with van der Waals surface area (Å²) in [5, 5.41) is 10.4. The lowest BCUT2D eigenvalue weighted by Gasteiger charge is -2.11. The van der Waals surface area contributed by atoms with Crippen molar-refractivity contribution in [3.8, 4) is 34.9 Å². The van der Waals surface area contributed by atoms with Gasteiger partial charge in [0, 0.05) is 34.3 Å². The molecule has 0 saturated carbocycles. The Balaban J connectivity index is 1.70. The van der Waals surface area contributed by atoms with Gasteiger partial charge in [0.2, 0.25) is 0 Å². The Morgan fingerprint density at radius 3 is 2.18 bits per heavy atom. The Morgan fingerprint density at radius 1 is 0.788 bits per heavy atom. The van der Waals surface area contributed by atoms with E-state index in [4.69, 9.17) is 10.00 Å². The fourth-order valence-corrected chi connectivity index (χ4v) is 4.04. The molecule has 3 nitrogen and oxygen atoms in total. The number of unbranched alkanes of at least 4 members (excludes halogenated alkanes) is 3. The van der Waals surface area contributed by atoms with Crippen LogP contribution < -0.4 is 4.74 Å². The van der Waals surface area contributed by atoms with E-state index in [1.165, 1.54) is 35.9 Å². The predicted octanol–water partition coefficient (Wildman–Crippen LogP) is 7.17. The summed E-state index contributed by atoms with van der Waals surface area (Å²) in [5.41, 5.74) is 6.16. The summed E-state index contributed by atoms with van der Waals surface area (Å²) >= 11 is 0. The van der Waals surface area contributed by atoms with Crippen LogP contribution in [-0.4, -0.2) is 11.7 Å². The lowest BCUT2D eigenvalue weighted by Crippen LogP contribution is -2.00. The van der Waals surface area contributed by atoms with E-state index in [0.717, 1.165) is 35.4 Å². The molecule has 3 aromatic carbocycles. The molecular formula is C30H28N2O. The summed E-state index contributed by atoms with van der Waals surface area (Å²) in [6, 6.07) is 26.6. The number of ether oxygens (including phenoxy) is 1. The minimum absolute atomic E-state index is 0.681. The van der Waals surface area contributed by atoms with Crippen LogP contribution in [0.2, 0.25) is 0 Å². The van der Waals surface area contributed by atoms with Crippen molar-refractivity contribution in [2.45, 2.75) is 39.2 Å². The maximum Gasteiger partial charge on any atom is 0.118 e. The van der Waals surface area contributed by atoms with Crippen molar-refractivity contribution in [1.29, 1.82) is 5.26 Å². The molecule has 0 unspecified atom stereocenters. The fraction of sp³-hybridized carbons (Fsp3) is 0.233. The minimum atomic E-state index is 0.681. The molecule has 0 atom stereocenters. The highest BCUT2D eigenvalue weighted by Gasteiger charge is 2.11. The van der Waals surface area contributed by atoms with Crippen LogP contribution in [-0.2, 0) is 6.54 Å². The van der Waals surface area contributed by atoms with Crippen LogP contribution in [0.4, 0.5) is 0 Å². The molecule has 0 aliphatic rings. The van der Waals surface area contributed by atoms with Crippen LogP contribution in [0.1, 0.15) is 49.3 Å². The first kappa shape index (κ1) is 22.3. The smallest absolute Gasteiger partial charge is 0.118 e. The zero-order chi connectivity index (χ0) is 23.0. The number of fused-ring (bicyclic) bond motifs is 1. The first-order valence-corrected chi connectivity index (χ1v) is 11.5. The third-order valence-corrected chi connectivity index (χ3v) is 5.89. The lowest BCUT2D eigenvalue weighted by molar-refractivity contribution is 0.415. The topological polar surface area (TPSA) is 38.0 Å². The predicted molar refractivity (Wildman–Crippen MR) is 135 cm³/mol. The summed E-state index contributed by atoms with van der Waals surface area (Å²) in [7, 11) is 1.67. The minimum Gasteiger partial charge on any atom is -0.497 e. The van der Waals surface area contributed by atoms with E-state index in [1.807, 2.05) is 48.5 Å². The second-order valence-electron chi connectivity index (χ2n) is 8.18. The van der Waals surface area contributed by atoms with Crippen LogP contribution in [0.15, 0.2) is 72.8 Å². The number of methoxy groups -OCH3 is 1. The normalized spacial score (nSPS) is 10.5. The number of benzene rings is 3. The lowest BCUT2D eigenvalue weighted by atomic mass is 10.1. The van der Waals surface area contributed by atoms with Gasteiger partial charge in [0.25, 0.3) is 0 Å². The molecule has 3 heteroatoms. The summed E-state index contributed by atoms with van der Waals surface area (Å²) in [6.45, 7) is 3.20. The molecule has 0 amide bonds. The molecule has 33 heavy (non-hydrogen) atoms. The quantitative estimate of drug-likeness (QED) is 0.229. The van der Waals surface area contributed by atoms with Gasteiger partial charge in [-0.2, -0.15) is 5.26 Å². The molecule has 0 saturated heterocycles. The van der Waals surface area contributed by atoms with Gasteiger partial charge in [-0.15, -0.1) is 0 Å². The summed E-state index contributed by atoms with van der Waals surface area (Å²) in [6.07, 6.45) is 4.84. The SMILES string of the molecule is CCCCCCn1c(-c2ccc(C#N)cc2)cc2ccc(C#Cc3ccc(OC)cc3)cc21. The second-order valence-corrected chi connectivity index (χ2v) is 8.18. The molecular weight excluding hydrogens is 404 g/mol. The van der Waals surface area contributed by atoms with E-state index in [0.29, 0.717) is 5.56 Å². The molecule has 0 bridgehead atoms. The Morgan fingerprint density at radius 2 is 1.48 bits per heavy atom. The Labute approximate surface area is 196 Å². The number of hydrogen-bond donors (Lipinski definition) is 0. The van der Waals surface area contributed by atoms with Crippen LogP contribution in [0.5, 0.6) is 5.75 Å². The van der Waals surface area contributed by atoms with Crippen molar-refractivity contribution in [3.63, 3.8) is 0 Å². The van der Waals surface area contributed by atoms with Crippen LogP contribution in [0.25, 0.3) is 22.2 Å². The largest absolute Gasteiger partial charge is 0.497 e. The molecule has 0 spiro atoms. The summed E-state index contributed by atoms with van der Waals surface area (Å²) in [5.74, 6) is 7.41. The zero-order valence-electron chi connectivity index (χ0n) is 19.3. The maximum atomic E-state index is 9.15. The van der Waals surface area contributed by atoms with Gasteiger partial charge in [0.15, 0.2) is 0 Å². The number of nitrogens with zero attached hydrogens (tertiary/aromatic N) is 2. The molecule has 0 fully saturated rings. The first-order chi connectivity index (χ1) is 16.2. The van der Waals surface area contributed by atoms with Gasteiger partial charge in [-0.25, -0.2) is 0 Å². The highest BCUT2D eigenvalue weighted by Crippen LogP contribution is 2.30. The second kappa shape index (κ2) is 10.6. The van der Waals surface area contributed by atoms with Crippen molar-refractivity contribution in [2.24, 2.45) is 0 Å². The summed E-state index contributed by atoms with van der Waals surface area (Å²) < 4.78 is 7.63. The molecule has 4 aromatic rings. The Bertz CT molecular complexity index is 1330. The first-order valence-electron chi connectivity index (χ1n) is 11.5. The van der Waals surface area contributed by atoms with Gasteiger partial charge >= 0.3 is 0 Å². The fourth-order valence-electron chi connectivity index (χ4n) is 4.04. The standard InChI is InChI=1S/C30H28N2O/c1-3-4-5-6-19-32-29-20-24(8-7-23-12-17-28(33-2)18-13-23)9-16-27(29)21-30(32)26-14-10-25(22-31)11-15-26/h9-18,20-21H,3-6,19H2,1-2H3. The van der Waals surface area contributed by atoms with Crippen LogP contribution >= 0.6 is 0 Å². The van der Waals surface area contributed by atoms with Crippen molar-refractivity contribution in [3.05, 3.63) is 89.5 Å². The monoisotopic (exact) mass is 432 g/mol. The Kier molecular flexibility index (Phi) is 7.13. The molecule has 0 aliphatic heterocycles. The van der Waals surface area contributed by atoms with Gasteiger partial charge in [-0.3, -0.25) is 0 Å². The van der Waals surface area contributed by atoms with E-state index >= 15 is 0 Å². The average molecular weight is 433 g/mol. The average Bonchev–Trinajstić information content (AvgIpc) is 3.23. The number of hydrogen-bond acceptors (Lipinski definition) is 2. The molecule has 4 rings (SSSR count). The van der Waals surface area contributed by atoms with E-state index in [9.17, 15) is 0 Å². The third-order valence-electron chi connectivity index (χ3n) is 5.89. The van der Waals surface area contributed by atoms with Crippen molar-refractivity contribution >= 4 is 10.9 Å². The number of nitriles is 1. The van der Waals surface area contributed by atoms with E-state index < -0.39 is 0 Å². The van der Waals surface area contributed by atoms with E-state index in [1.54, 1.807) is 7.11 Å². The molecule has 0 radical (unpaired) electrons. The molecule has 1 aromatic heterocycles. The highest BCUT2D eigenvalue weighted by atomic mass is 16.5. The number of rotatable bonds is 7. The Hall–Kier alpha value is -3.95. The molecule has 0 aliphatic carbocycles. The van der Waals surface area contributed by atoms with Gasteiger partial charge in [-0.05, 0) is 66.6 Å². The van der Waals surface area contributed by atoms with Gasteiger partial charge in [-0.1, -0.05) is 56.2 Å². The number of aryl methyl sites for hydroxylation is 1. The molecule has 1 heterocycles. The van der Waals surface area contributed by atoms with Crippen molar-refractivity contribution in [2.75, 3.05) is 7.11 Å². The molecule has 0 N–H and O–H groups in total. The number of aromatic nitrogens is 1. The van der Waals surface area contributed by atoms with E-state index in [2.05, 4.69) is 53.7 Å². The van der Waals surface area contributed by atoms with Gasteiger partial charge in [0.1, 0.15) is 5.75 Å². The zero-order valence-corrected chi connectivity index (χ0v) is 19.3. The maximum absolute atomic E-state index is 9.15. The van der Waals surface area contributed by atoms with Crippen molar-refractivity contribution in [1.82, 2.24) is 4.57 Å². The van der Waals surface area contributed by atoms with Crippen molar-refractivity contribution < 1.29 is 4.74 Å². The van der Waals surface area contributed by atoms with E-state index in [-0.39, 0.29) is 0 Å².